The third-order valence-corrected chi connectivity index (χ3v) is 2.59. The molecule has 0 bridgehead atoms. The maximum absolute atomic E-state index is 3.99. The number of allylic oxidation sites excluding steroid dienone is 1. The van der Waals surface area contributed by atoms with Crippen molar-refractivity contribution < 1.29 is 0 Å². The third-order valence-electron chi connectivity index (χ3n) is 2.59. The Labute approximate surface area is 85.2 Å². The summed E-state index contributed by atoms with van der Waals surface area (Å²) in [6.07, 6.45) is 2.06. The fourth-order valence-corrected chi connectivity index (χ4v) is 1.80. The van der Waals surface area contributed by atoms with E-state index in [1.807, 2.05) is 0 Å². The molecule has 0 fully saturated rings. The predicted octanol–water partition coefficient (Wildman–Crippen LogP) is 3.26. The van der Waals surface area contributed by atoms with Gasteiger partial charge in [0.15, 0.2) is 0 Å². The van der Waals surface area contributed by atoms with Crippen molar-refractivity contribution in [1.82, 2.24) is 5.32 Å². The zero-order chi connectivity index (χ0) is 10.1. The Hall–Kier alpha value is -1.50. The normalized spacial score (nSPS) is 14.8. The molecule has 72 valence electrons. The molecule has 0 aromatic heterocycles. The molecule has 0 spiro atoms. The van der Waals surface area contributed by atoms with Crippen LogP contribution >= 0.6 is 0 Å². The summed E-state index contributed by atoms with van der Waals surface area (Å²) < 4.78 is 0. The van der Waals surface area contributed by atoms with Gasteiger partial charge in [-0.05, 0) is 17.1 Å². The van der Waals surface area contributed by atoms with Gasteiger partial charge in [-0.3, -0.25) is 0 Å². The van der Waals surface area contributed by atoms with Gasteiger partial charge in [0.25, 0.3) is 0 Å². The van der Waals surface area contributed by atoms with Crippen LogP contribution in [0.4, 0.5) is 0 Å². The maximum Gasteiger partial charge on any atom is 0.0386 e. The largest absolute Gasteiger partial charge is 0.361 e. The summed E-state index contributed by atoms with van der Waals surface area (Å²) in [5.74, 6) is 0.539. The van der Waals surface area contributed by atoms with E-state index in [0.717, 1.165) is 5.70 Å². The van der Waals surface area contributed by atoms with E-state index in [1.165, 1.54) is 16.7 Å². The Morgan fingerprint density at radius 3 is 2.43 bits per heavy atom. The molecule has 0 saturated carbocycles. The van der Waals surface area contributed by atoms with Gasteiger partial charge in [0.05, 0.1) is 0 Å². The van der Waals surface area contributed by atoms with E-state index in [1.54, 1.807) is 0 Å². The first-order valence-electron chi connectivity index (χ1n) is 4.95. The van der Waals surface area contributed by atoms with E-state index >= 15 is 0 Å². The van der Waals surface area contributed by atoms with E-state index in [0.29, 0.717) is 5.92 Å². The minimum Gasteiger partial charge on any atom is -0.361 e. The molecule has 1 aromatic rings. The molecule has 1 aliphatic heterocycles. The van der Waals surface area contributed by atoms with Gasteiger partial charge in [-0.1, -0.05) is 44.7 Å². The van der Waals surface area contributed by atoms with Gasteiger partial charge in [-0.15, -0.1) is 0 Å². The lowest BCUT2D eigenvalue weighted by Crippen LogP contribution is -2.13. The van der Waals surface area contributed by atoms with Crippen molar-refractivity contribution in [2.24, 2.45) is 5.92 Å². The zero-order valence-electron chi connectivity index (χ0n) is 8.67. The van der Waals surface area contributed by atoms with Crippen LogP contribution in [-0.4, -0.2) is 0 Å². The number of hydrogen-bond donors (Lipinski definition) is 1. The summed E-state index contributed by atoms with van der Waals surface area (Å²) in [7, 11) is 0. The van der Waals surface area contributed by atoms with E-state index in [4.69, 9.17) is 0 Å². The predicted molar refractivity (Wildman–Crippen MR) is 61.4 cm³/mol. The molecule has 1 aliphatic rings. The highest BCUT2D eigenvalue weighted by atomic mass is 14.9. The Morgan fingerprint density at radius 1 is 1.14 bits per heavy atom. The smallest absolute Gasteiger partial charge is 0.0386 e. The highest BCUT2D eigenvalue weighted by Crippen LogP contribution is 2.31. The minimum absolute atomic E-state index is 0.539. The van der Waals surface area contributed by atoms with Crippen molar-refractivity contribution in [2.45, 2.75) is 13.8 Å². The molecule has 1 heterocycles. The fraction of sp³-hybridized carbons (Fsp3) is 0.231. The number of hydrogen-bond acceptors (Lipinski definition) is 1. The van der Waals surface area contributed by atoms with Gasteiger partial charge in [0.2, 0.25) is 0 Å². The number of benzene rings is 1. The molecule has 0 unspecified atom stereocenters. The summed E-state index contributed by atoms with van der Waals surface area (Å²) >= 11 is 0. The van der Waals surface area contributed by atoms with E-state index < -0.39 is 0 Å². The van der Waals surface area contributed by atoms with Crippen molar-refractivity contribution in [1.29, 1.82) is 0 Å². The first-order valence-corrected chi connectivity index (χ1v) is 4.95. The molecule has 0 saturated heterocycles. The molecule has 1 heteroatoms. The minimum atomic E-state index is 0.539. The lowest BCUT2D eigenvalue weighted by Gasteiger charge is -2.22. The van der Waals surface area contributed by atoms with Crippen LogP contribution in [0.25, 0.3) is 11.3 Å². The third kappa shape index (κ3) is 1.35. The number of fused-ring (bicyclic) bond motifs is 1. The zero-order valence-corrected chi connectivity index (χ0v) is 8.67. The summed E-state index contributed by atoms with van der Waals surface area (Å²) in [6.45, 7) is 8.41. The molecule has 0 amide bonds. The monoisotopic (exact) mass is 185 g/mol. The van der Waals surface area contributed by atoms with Crippen molar-refractivity contribution in [2.75, 3.05) is 0 Å². The summed E-state index contributed by atoms with van der Waals surface area (Å²) in [4.78, 5) is 0. The van der Waals surface area contributed by atoms with Crippen molar-refractivity contribution in [3.05, 3.63) is 48.2 Å². The van der Waals surface area contributed by atoms with Gasteiger partial charge in [-0.2, -0.15) is 0 Å². The first-order chi connectivity index (χ1) is 6.70. The van der Waals surface area contributed by atoms with Gasteiger partial charge in [0.1, 0.15) is 0 Å². The first kappa shape index (κ1) is 9.07. The van der Waals surface area contributed by atoms with Crippen molar-refractivity contribution >= 4 is 11.3 Å². The van der Waals surface area contributed by atoms with Gasteiger partial charge in [0, 0.05) is 17.5 Å². The number of rotatable bonds is 1. The van der Waals surface area contributed by atoms with Crippen LogP contribution in [0, 0.1) is 5.92 Å². The Kier molecular flexibility index (Phi) is 2.16. The van der Waals surface area contributed by atoms with Crippen LogP contribution < -0.4 is 5.32 Å². The molecular weight excluding hydrogens is 170 g/mol. The van der Waals surface area contributed by atoms with Crippen molar-refractivity contribution in [3.63, 3.8) is 0 Å². The molecular formula is C13H15N. The van der Waals surface area contributed by atoms with Crippen LogP contribution in [0.5, 0.6) is 0 Å². The Morgan fingerprint density at radius 2 is 1.79 bits per heavy atom. The summed E-state index contributed by atoms with van der Waals surface area (Å²) in [5.41, 5.74) is 4.88. The second-order valence-corrected chi connectivity index (χ2v) is 3.92. The second-order valence-electron chi connectivity index (χ2n) is 3.92. The molecule has 1 nitrogen and oxygen atoms in total. The molecule has 14 heavy (non-hydrogen) atoms. The lowest BCUT2D eigenvalue weighted by molar-refractivity contribution is 0.845. The van der Waals surface area contributed by atoms with Gasteiger partial charge < -0.3 is 5.32 Å². The SMILES string of the molecule is C=C1NC=C(C(C)C)c2ccccc21. The number of nitrogens with one attached hydrogen (secondary N) is 1. The van der Waals surface area contributed by atoms with Crippen LogP contribution in [0.2, 0.25) is 0 Å². The fourth-order valence-electron chi connectivity index (χ4n) is 1.80. The van der Waals surface area contributed by atoms with Crippen molar-refractivity contribution in [3.8, 4) is 0 Å². The lowest BCUT2D eigenvalue weighted by atomic mass is 9.89. The highest BCUT2D eigenvalue weighted by molar-refractivity contribution is 5.83. The van der Waals surface area contributed by atoms with Crippen LogP contribution in [-0.2, 0) is 0 Å². The average molecular weight is 185 g/mol. The maximum atomic E-state index is 3.99. The molecule has 0 aliphatic carbocycles. The summed E-state index contributed by atoms with van der Waals surface area (Å²) in [5, 5.41) is 3.21. The highest BCUT2D eigenvalue weighted by Gasteiger charge is 2.15. The quantitative estimate of drug-likeness (QED) is 0.708. The molecule has 0 atom stereocenters. The van der Waals surface area contributed by atoms with E-state index in [9.17, 15) is 0 Å². The molecule has 1 N–H and O–H groups in total. The van der Waals surface area contributed by atoms with Gasteiger partial charge >= 0.3 is 0 Å². The Balaban J connectivity index is 2.57. The topological polar surface area (TPSA) is 12.0 Å². The molecule has 1 aromatic carbocycles. The van der Waals surface area contributed by atoms with Crippen LogP contribution in [0.3, 0.4) is 0 Å². The second kappa shape index (κ2) is 3.33. The molecule has 2 rings (SSSR count). The summed E-state index contributed by atoms with van der Waals surface area (Å²) in [6, 6.07) is 8.40. The van der Waals surface area contributed by atoms with Gasteiger partial charge in [-0.25, -0.2) is 0 Å². The average Bonchev–Trinajstić information content (AvgIpc) is 2.18. The van der Waals surface area contributed by atoms with E-state index in [-0.39, 0.29) is 0 Å². The molecule has 0 radical (unpaired) electrons. The van der Waals surface area contributed by atoms with Crippen LogP contribution in [0.15, 0.2) is 37.0 Å². The standard InChI is InChI=1S/C13H15N/c1-9(2)13-8-14-10(3)11-6-4-5-7-12(11)13/h4-9,14H,3H2,1-2H3. The van der Waals surface area contributed by atoms with Crippen LogP contribution in [0.1, 0.15) is 25.0 Å². The Bertz CT molecular complexity index is 399. The van der Waals surface area contributed by atoms with E-state index in [2.05, 4.69) is 56.2 Å².